The molecule has 1 amide bonds. The molecule has 184 valence electrons. The first kappa shape index (κ1) is 24.6. The number of furan rings is 1. The Morgan fingerprint density at radius 1 is 1.20 bits per heavy atom. The predicted molar refractivity (Wildman–Crippen MR) is 127 cm³/mol. The summed E-state index contributed by atoms with van der Waals surface area (Å²) in [6.45, 7) is 2.23. The van der Waals surface area contributed by atoms with Crippen molar-refractivity contribution in [3.63, 3.8) is 0 Å². The zero-order valence-corrected chi connectivity index (χ0v) is 20.3. The van der Waals surface area contributed by atoms with Crippen LogP contribution in [0, 0.1) is 5.92 Å². The van der Waals surface area contributed by atoms with E-state index in [9.17, 15) is 18.0 Å². The molecule has 9 nitrogen and oxygen atoms in total. The molecule has 1 aliphatic carbocycles. The number of nitrogens with zero attached hydrogens (tertiary/aromatic N) is 2. The van der Waals surface area contributed by atoms with Gasteiger partial charge in [0.25, 0.3) is 5.91 Å². The summed E-state index contributed by atoms with van der Waals surface area (Å²) in [5, 5.41) is 0. The highest BCUT2D eigenvalue weighted by atomic mass is 32.2. The topological polar surface area (TPSA) is 119 Å². The van der Waals surface area contributed by atoms with Gasteiger partial charge in [0.1, 0.15) is 0 Å². The van der Waals surface area contributed by atoms with E-state index in [1.54, 1.807) is 36.5 Å². The van der Waals surface area contributed by atoms with Gasteiger partial charge in [-0.25, -0.2) is 17.9 Å². The van der Waals surface area contributed by atoms with Crippen molar-refractivity contribution in [2.45, 2.75) is 37.2 Å². The molecule has 1 aromatic carbocycles. The summed E-state index contributed by atoms with van der Waals surface area (Å²) in [5.41, 5.74) is 1.30. The van der Waals surface area contributed by atoms with Gasteiger partial charge in [0, 0.05) is 23.9 Å². The van der Waals surface area contributed by atoms with Gasteiger partial charge in [-0.1, -0.05) is 12.1 Å². The number of carbonyl (C=O) groups excluding carboxylic acids is 2. The lowest BCUT2D eigenvalue weighted by atomic mass is 10.1. The maximum atomic E-state index is 13.7. The number of pyridine rings is 1. The molecule has 0 saturated heterocycles. The minimum atomic E-state index is -3.75. The van der Waals surface area contributed by atoms with Crippen LogP contribution in [-0.2, 0) is 21.3 Å². The fourth-order valence-electron chi connectivity index (χ4n) is 3.68. The summed E-state index contributed by atoms with van der Waals surface area (Å²) < 4.78 is 38.2. The molecule has 1 fully saturated rings. The van der Waals surface area contributed by atoms with Gasteiger partial charge in [0.15, 0.2) is 0 Å². The summed E-state index contributed by atoms with van der Waals surface area (Å²) >= 11 is 0. The molecule has 0 bridgehead atoms. The molecule has 4 rings (SSSR count). The Morgan fingerprint density at radius 3 is 2.69 bits per heavy atom. The van der Waals surface area contributed by atoms with E-state index in [1.165, 1.54) is 30.4 Å². The second kappa shape index (κ2) is 10.4. The van der Waals surface area contributed by atoms with Crippen LogP contribution in [0.15, 0.2) is 70.3 Å². The molecule has 2 heterocycles. The number of amides is 1. The molecule has 0 radical (unpaired) electrons. The SMILES string of the molecule is COC(=O)c1occc1CN(C(=O)c1cccc(S(=O)(=O)NCC2CC2)c1)[C@H](C)c1ccccn1. The minimum Gasteiger partial charge on any atom is -0.463 e. The molecule has 2 aromatic heterocycles. The van der Waals surface area contributed by atoms with Crippen LogP contribution in [0.2, 0.25) is 0 Å². The van der Waals surface area contributed by atoms with Crippen LogP contribution in [0.4, 0.5) is 0 Å². The van der Waals surface area contributed by atoms with Crippen molar-refractivity contribution in [2.75, 3.05) is 13.7 Å². The number of esters is 1. The van der Waals surface area contributed by atoms with Crippen molar-refractivity contribution in [2.24, 2.45) is 5.92 Å². The fourth-order valence-corrected chi connectivity index (χ4v) is 4.84. The number of methoxy groups -OCH3 is 1. The number of aromatic nitrogens is 1. The van der Waals surface area contributed by atoms with Gasteiger partial charge in [-0.05, 0) is 62.1 Å². The standard InChI is InChI=1S/C25H27N3O6S/c1-17(22-8-3-4-12-26-22)28(16-20-11-13-34-23(20)25(30)33-2)24(29)19-6-5-7-21(14-19)35(31,32)27-15-18-9-10-18/h3-8,11-14,17-18,27H,9-10,15-16H2,1-2H3/t17-/m1/s1. The molecule has 1 saturated carbocycles. The third kappa shape index (κ3) is 5.77. The van der Waals surface area contributed by atoms with Crippen molar-refractivity contribution >= 4 is 21.9 Å². The van der Waals surface area contributed by atoms with E-state index in [2.05, 4.69) is 9.71 Å². The van der Waals surface area contributed by atoms with E-state index >= 15 is 0 Å². The first-order valence-electron chi connectivity index (χ1n) is 11.3. The van der Waals surface area contributed by atoms with Gasteiger partial charge in [-0.2, -0.15) is 0 Å². The van der Waals surface area contributed by atoms with Crippen LogP contribution >= 0.6 is 0 Å². The Balaban J connectivity index is 1.66. The van der Waals surface area contributed by atoms with Gasteiger partial charge in [-0.3, -0.25) is 9.78 Å². The van der Waals surface area contributed by atoms with Crippen molar-refractivity contribution < 1.29 is 27.2 Å². The zero-order valence-electron chi connectivity index (χ0n) is 19.5. The van der Waals surface area contributed by atoms with Crippen LogP contribution in [-0.4, -0.2) is 43.8 Å². The molecule has 0 unspecified atom stereocenters. The summed E-state index contributed by atoms with van der Waals surface area (Å²) in [5.74, 6) is -0.695. The molecule has 3 aromatic rings. The number of hydrogen-bond acceptors (Lipinski definition) is 7. The number of rotatable bonds is 10. The molecule has 0 spiro atoms. The van der Waals surface area contributed by atoms with E-state index < -0.39 is 27.9 Å². The lowest BCUT2D eigenvalue weighted by Gasteiger charge is -2.29. The van der Waals surface area contributed by atoms with Gasteiger partial charge in [0.2, 0.25) is 15.8 Å². The smallest absolute Gasteiger partial charge is 0.374 e. The van der Waals surface area contributed by atoms with Crippen LogP contribution in [0.1, 0.15) is 58.0 Å². The fraction of sp³-hybridized carbons (Fsp3) is 0.320. The van der Waals surface area contributed by atoms with E-state index in [4.69, 9.17) is 9.15 Å². The molecule has 0 aliphatic heterocycles. The average molecular weight is 498 g/mol. The highest BCUT2D eigenvalue weighted by Crippen LogP contribution is 2.29. The summed E-state index contributed by atoms with van der Waals surface area (Å²) in [4.78, 5) is 31.8. The second-order valence-electron chi connectivity index (χ2n) is 8.45. The number of hydrogen-bond donors (Lipinski definition) is 1. The zero-order chi connectivity index (χ0) is 25.0. The largest absolute Gasteiger partial charge is 0.463 e. The number of nitrogens with one attached hydrogen (secondary N) is 1. The Hall–Kier alpha value is -3.50. The number of sulfonamides is 1. The summed E-state index contributed by atoms with van der Waals surface area (Å²) in [6, 6.07) is 12.4. The molecule has 1 aliphatic rings. The molecule has 1 atom stereocenters. The molecular formula is C25H27N3O6S. The summed E-state index contributed by atoms with van der Waals surface area (Å²) in [7, 11) is -2.50. The lowest BCUT2D eigenvalue weighted by molar-refractivity contribution is 0.0552. The van der Waals surface area contributed by atoms with Crippen LogP contribution in [0.25, 0.3) is 0 Å². The highest BCUT2D eigenvalue weighted by molar-refractivity contribution is 7.89. The quantitative estimate of drug-likeness (QED) is 0.426. The molecular weight excluding hydrogens is 470 g/mol. The first-order valence-corrected chi connectivity index (χ1v) is 12.7. The van der Waals surface area contributed by atoms with Crippen molar-refractivity contribution in [3.8, 4) is 0 Å². The second-order valence-corrected chi connectivity index (χ2v) is 10.2. The van der Waals surface area contributed by atoms with Gasteiger partial charge < -0.3 is 14.1 Å². The Bertz CT molecular complexity index is 1300. The predicted octanol–water partition coefficient (Wildman–Crippen LogP) is 3.55. The maximum Gasteiger partial charge on any atom is 0.374 e. The Morgan fingerprint density at radius 2 is 2.00 bits per heavy atom. The van der Waals surface area contributed by atoms with Gasteiger partial charge in [-0.15, -0.1) is 0 Å². The van der Waals surface area contributed by atoms with Crippen LogP contribution < -0.4 is 4.72 Å². The summed E-state index contributed by atoms with van der Waals surface area (Å²) in [6.07, 6.45) is 5.02. The van der Waals surface area contributed by atoms with Crippen molar-refractivity contribution in [3.05, 3.63) is 83.6 Å². The minimum absolute atomic E-state index is 0.000810. The third-order valence-corrected chi connectivity index (χ3v) is 7.37. The number of benzene rings is 1. The Labute approximate surface area is 204 Å². The van der Waals surface area contributed by atoms with E-state index in [1.807, 2.05) is 13.0 Å². The Kier molecular flexibility index (Phi) is 7.32. The van der Waals surface area contributed by atoms with Gasteiger partial charge in [0.05, 0.1) is 36.5 Å². The molecule has 35 heavy (non-hydrogen) atoms. The first-order chi connectivity index (χ1) is 16.8. The van der Waals surface area contributed by atoms with Gasteiger partial charge >= 0.3 is 5.97 Å². The lowest BCUT2D eigenvalue weighted by Crippen LogP contribution is -2.34. The average Bonchev–Trinajstić information content (AvgIpc) is 3.61. The normalized spacial score (nSPS) is 14.3. The van der Waals surface area contributed by atoms with Crippen LogP contribution in [0.3, 0.4) is 0 Å². The monoisotopic (exact) mass is 497 g/mol. The molecule has 1 N–H and O–H groups in total. The third-order valence-electron chi connectivity index (χ3n) is 5.95. The van der Waals surface area contributed by atoms with E-state index in [0.717, 1.165) is 12.8 Å². The maximum absolute atomic E-state index is 13.7. The number of carbonyl (C=O) groups is 2. The van der Waals surface area contributed by atoms with Crippen molar-refractivity contribution in [1.29, 1.82) is 0 Å². The number of ether oxygens (including phenoxy) is 1. The van der Waals surface area contributed by atoms with E-state index in [-0.39, 0.29) is 22.8 Å². The van der Waals surface area contributed by atoms with E-state index in [0.29, 0.717) is 23.7 Å². The van der Waals surface area contributed by atoms with Crippen LogP contribution in [0.5, 0.6) is 0 Å². The molecule has 10 heteroatoms. The highest BCUT2D eigenvalue weighted by Gasteiger charge is 2.29. The van der Waals surface area contributed by atoms with Crippen molar-refractivity contribution in [1.82, 2.24) is 14.6 Å².